The molecule has 0 aromatic heterocycles. The lowest BCUT2D eigenvalue weighted by Gasteiger charge is -2.08. The lowest BCUT2D eigenvalue weighted by atomic mass is 10.1. The molecule has 0 fully saturated rings. The van der Waals surface area contributed by atoms with Crippen LogP contribution in [0.5, 0.6) is 5.75 Å². The van der Waals surface area contributed by atoms with Crippen molar-refractivity contribution in [3.8, 4) is 5.75 Å². The fourth-order valence-electron chi connectivity index (χ4n) is 2.65. The van der Waals surface area contributed by atoms with Gasteiger partial charge in [0, 0.05) is 11.4 Å². The van der Waals surface area contributed by atoms with Crippen LogP contribution in [0, 0.1) is 13.8 Å². The van der Waals surface area contributed by atoms with Crippen molar-refractivity contribution in [2.75, 3.05) is 12.4 Å². The summed E-state index contributed by atoms with van der Waals surface area (Å²) in [6, 6.07) is 13.1. The second-order valence-corrected chi connectivity index (χ2v) is 6.51. The van der Waals surface area contributed by atoms with Crippen LogP contribution < -0.4 is 15.5 Å². The van der Waals surface area contributed by atoms with Gasteiger partial charge in [-0.15, -0.1) is 0 Å². The van der Waals surface area contributed by atoms with Crippen LogP contribution in [0.2, 0.25) is 0 Å². The van der Waals surface area contributed by atoms with Gasteiger partial charge in [-0.05, 0) is 61.7 Å². The zero-order valence-electron chi connectivity index (χ0n) is 16.1. The molecule has 0 aliphatic heterocycles. The number of carbonyl (C=O) groups is 2. The Morgan fingerprint density at radius 2 is 1.63 bits per heavy atom. The lowest BCUT2D eigenvalue weighted by molar-refractivity contribution is -0.120. The third-order valence-corrected chi connectivity index (χ3v) is 3.82. The molecular weight excluding hydrogens is 342 g/mol. The zero-order valence-corrected chi connectivity index (χ0v) is 16.1. The molecule has 27 heavy (non-hydrogen) atoms. The van der Waals surface area contributed by atoms with E-state index in [0.717, 1.165) is 28.1 Å². The Labute approximate surface area is 159 Å². The molecule has 0 unspecified atom stereocenters. The van der Waals surface area contributed by atoms with Gasteiger partial charge in [-0.25, -0.2) is 5.43 Å². The predicted octanol–water partition coefficient (Wildman–Crippen LogP) is 3.38. The Hall–Kier alpha value is -3.15. The maximum atomic E-state index is 12.1. The molecule has 2 rings (SSSR count). The molecule has 0 saturated heterocycles. The normalized spacial score (nSPS) is 11.0. The maximum Gasteiger partial charge on any atom is 0.244 e. The van der Waals surface area contributed by atoms with Gasteiger partial charge in [-0.1, -0.05) is 18.2 Å². The fourth-order valence-corrected chi connectivity index (χ4v) is 2.65. The van der Waals surface area contributed by atoms with Gasteiger partial charge >= 0.3 is 0 Å². The molecule has 2 aromatic rings. The predicted molar refractivity (Wildman–Crippen MR) is 107 cm³/mol. The van der Waals surface area contributed by atoms with Crippen LogP contribution in [0.1, 0.15) is 30.0 Å². The number of ether oxygens (including phenoxy) is 1. The SMILES string of the molecule is COc1ccc(CC(=O)NN=C(C)CC(=O)Nc2cc(C)cc(C)c2)cc1. The van der Waals surface area contributed by atoms with E-state index < -0.39 is 0 Å². The molecule has 0 bridgehead atoms. The number of amides is 2. The van der Waals surface area contributed by atoms with Crippen molar-refractivity contribution < 1.29 is 14.3 Å². The standard InChI is InChI=1S/C21H25N3O3/c1-14-9-15(2)11-18(10-14)22-20(25)12-16(3)23-24-21(26)13-17-5-7-19(27-4)8-6-17/h5-11H,12-13H2,1-4H3,(H,22,25)(H,24,26). The third kappa shape index (κ3) is 6.93. The largest absolute Gasteiger partial charge is 0.497 e. The first kappa shape index (κ1) is 20.2. The minimum absolute atomic E-state index is 0.107. The van der Waals surface area contributed by atoms with Gasteiger partial charge in [0.1, 0.15) is 5.75 Å². The molecule has 0 aliphatic rings. The summed E-state index contributed by atoms with van der Waals surface area (Å²) >= 11 is 0. The zero-order chi connectivity index (χ0) is 19.8. The van der Waals surface area contributed by atoms with Gasteiger partial charge in [-0.2, -0.15) is 5.10 Å². The van der Waals surface area contributed by atoms with Crippen molar-refractivity contribution in [2.45, 2.75) is 33.6 Å². The molecule has 6 heteroatoms. The van der Waals surface area contributed by atoms with Crippen molar-refractivity contribution in [1.82, 2.24) is 5.43 Å². The number of nitrogens with zero attached hydrogens (tertiary/aromatic N) is 1. The van der Waals surface area contributed by atoms with E-state index in [-0.39, 0.29) is 24.7 Å². The molecule has 2 aromatic carbocycles. The Bertz CT molecular complexity index is 822. The van der Waals surface area contributed by atoms with Crippen LogP contribution in [0.25, 0.3) is 0 Å². The molecule has 0 heterocycles. The highest BCUT2D eigenvalue weighted by Gasteiger charge is 2.07. The van der Waals surface area contributed by atoms with Crippen LogP contribution >= 0.6 is 0 Å². The molecule has 0 saturated carbocycles. The van der Waals surface area contributed by atoms with Crippen LogP contribution in [-0.4, -0.2) is 24.6 Å². The maximum absolute atomic E-state index is 12.1. The highest BCUT2D eigenvalue weighted by Crippen LogP contribution is 2.14. The molecule has 0 aliphatic carbocycles. The number of hydrazone groups is 1. The smallest absolute Gasteiger partial charge is 0.244 e. The van der Waals surface area contributed by atoms with Crippen molar-refractivity contribution >= 4 is 23.2 Å². The summed E-state index contributed by atoms with van der Waals surface area (Å²) in [5.74, 6) is 0.322. The highest BCUT2D eigenvalue weighted by atomic mass is 16.5. The van der Waals surface area contributed by atoms with E-state index in [1.54, 1.807) is 26.2 Å². The van der Waals surface area contributed by atoms with Gasteiger partial charge in [0.25, 0.3) is 0 Å². The van der Waals surface area contributed by atoms with E-state index in [1.165, 1.54) is 0 Å². The summed E-state index contributed by atoms with van der Waals surface area (Å²) in [4.78, 5) is 24.1. The first-order valence-corrected chi connectivity index (χ1v) is 8.69. The summed E-state index contributed by atoms with van der Waals surface area (Å²) in [6.45, 7) is 5.66. The number of aryl methyl sites for hydroxylation is 2. The Morgan fingerprint density at radius 1 is 1.00 bits per heavy atom. The minimum atomic E-state index is -0.241. The second-order valence-electron chi connectivity index (χ2n) is 6.51. The van der Waals surface area contributed by atoms with Gasteiger partial charge in [-0.3, -0.25) is 9.59 Å². The number of hydrogen-bond donors (Lipinski definition) is 2. The van der Waals surface area contributed by atoms with E-state index in [2.05, 4.69) is 15.8 Å². The first-order chi connectivity index (χ1) is 12.9. The number of hydrogen-bond acceptors (Lipinski definition) is 4. The van der Waals surface area contributed by atoms with Crippen molar-refractivity contribution in [1.29, 1.82) is 0 Å². The summed E-state index contributed by atoms with van der Waals surface area (Å²) in [5.41, 5.74) is 6.80. The number of methoxy groups -OCH3 is 1. The summed E-state index contributed by atoms with van der Waals surface area (Å²) in [6.07, 6.45) is 0.311. The number of benzene rings is 2. The summed E-state index contributed by atoms with van der Waals surface area (Å²) in [5, 5.41) is 6.85. The van der Waals surface area contributed by atoms with Crippen LogP contribution in [0.15, 0.2) is 47.6 Å². The van der Waals surface area contributed by atoms with Crippen molar-refractivity contribution in [3.05, 3.63) is 59.2 Å². The quantitative estimate of drug-likeness (QED) is 0.582. The monoisotopic (exact) mass is 367 g/mol. The molecule has 0 spiro atoms. The van der Waals surface area contributed by atoms with E-state index in [1.807, 2.05) is 44.2 Å². The molecule has 0 atom stereocenters. The van der Waals surface area contributed by atoms with Crippen molar-refractivity contribution in [2.24, 2.45) is 5.10 Å². The summed E-state index contributed by atoms with van der Waals surface area (Å²) < 4.78 is 5.09. The van der Waals surface area contributed by atoms with E-state index in [4.69, 9.17) is 4.74 Å². The van der Waals surface area contributed by atoms with Gasteiger partial charge in [0.15, 0.2) is 0 Å². The number of nitrogens with one attached hydrogen (secondary N) is 2. The van der Waals surface area contributed by atoms with Crippen LogP contribution in [0.3, 0.4) is 0 Å². The highest BCUT2D eigenvalue weighted by molar-refractivity contribution is 6.05. The molecule has 2 amide bonds. The molecule has 0 radical (unpaired) electrons. The Morgan fingerprint density at radius 3 is 2.22 bits per heavy atom. The molecule has 142 valence electrons. The lowest BCUT2D eigenvalue weighted by Crippen LogP contribution is -2.22. The van der Waals surface area contributed by atoms with Crippen molar-refractivity contribution in [3.63, 3.8) is 0 Å². The first-order valence-electron chi connectivity index (χ1n) is 8.69. The second kappa shape index (κ2) is 9.52. The fraction of sp³-hybridized carbons (Fsp3) is 0.286. The van der Waals surface area contributed by atoms with Gasteiger partial charge < -0.3 is 10.1 Å². The van der Waals surface area contributed by atoms with Crippen LogP contribution in [0.4, 0.5) is 5.69 Å². The Balaban J connectivity index is 1.83. The van der Waals surface area contributed by atoms with E-state index in [0.29, 0.717) is 5.71 Å². The summed E-state index contributed by atoms with van der Waals surface area (Å²) in [7, 11) is 1.59. The van der Waals surface area contributed by atoms with Gasteiger partial charge in [0.2, 0.25) is 11.8 Å². The minimum Gasteiger partial charge on any atom is -0.497 e. The number of rotatable bonds is 7. The molecule has 2 N–H and O–H groups in total. The van der Waals surface area contributed by atoms with Crippen LogP contribution in [-0.2, 0) is 16.0 Å². The number of anilines is 1. The van der Waals surface area contributed by atoms with E-state index in [9.17, 15) is 9.59 Å². The average Bonchev–Trinajstić information content (AvgIpc) is 2.59. The molecule has 6 nitrogen and oxygen atoms in total. The third-order valence-electron chi connectivity index (χ3n) is 3.82. The molecular formula is C21H25N3O3. The van der Waals surface area contributed by atoms with E-state index >= 15 is 0 Å². The number of carbonyl (C=O) groups excluding carboxylic acids is 2. The average molecular weight is 367 g/mol. The topological polar surface area (TPSA) is 79.8 Å². The Kier molecular flexibility index (Phi) is 7.11. The van der Waals surface area contributed by atoms with Gasteiger partial charge in [0.05, 0.1) is 20.0 Å².